The normalized spacial score (nSPS) is 25.0. The summed E-state index contributed by atoms with van der Waals surface area (Å²) in [6.07, 6.45) is 15.0. The van der Waals surface area contributed by atoms with Crippen molar-refractivity contribution in [3.05, 3.63) is 60.1 Å². The van der Waals surface area contributed by atoms with E-state index in [4.69, 9.17) is 33.8 Å². The first-order valence-electron chi connectivity index (χ1n) is 33.7. The number of nitrogens with one attached hydrogen (secondary N) is 2. The van der Waals surface area contributed by atoms with E-state index >= 15 is 0 Å². The number of unbranched alkanes of at least 4 members (excludes halogenated alkanes) is 3. The van der Waals surface area contributed by atoms with Crippen molar-refractivity contribution in [2.24, 2.45) is 35.0 Å². The Kier molecular flexibility index (Phi) is 33.9. The quantitative estimate of drug-likeness (QED) is 0.0309. The number of nitriles is 1. The number of anilines is 1. The number of hydrogen-bond acceptors (Lipinski definition) is 14. The third-order valence-electron chi connectivity index (χ3n) is 18.3. The summed E-state index contributed by atoms with van der Waals surface area (Å²) in [5.41, 5.74) is 1.21. The minimum Gasteiger partial charge on any atom is -0.461 e. The fourth-order valence-electron chi connectivity index (χ4n) is 12.8. The van der Waals surface area contributed by atoms with E-state index in [-0.39, 0.29) is 53.3 Å². The van der Waals surface area contributed by atoms with Crippen molar-refractivity contribution in [2.75, 3.05) is 58.8 Å². The monoisotopic (exact) mass is 1200 g/mol. The smallest absolute Gasteiger partial charge is 0.341 e. The van der Waals surface area contributed by atoms with Crippen molar-refractivity contribution >= 4 is 22.6 Å². The highest BCUT2D eigenvalue weighted by Crippen LogP contribution is 2.44. The number of rotatable bonds is 32. The number of hydrogen-bond donors (Lipinski definition) is 4. The van der Waals surface area contributed by atoms with Crippen LogP contribution in [0.2, 0.25) is 0 Å². The summed E-state index contributed by atoms with van der Waals surface area (Å²) in [6.45, 7) is 45.6. The molecule has 492 valence electrons. The predicted octanol–water partition coefficient (Wildman–Crippen LogP) is 14.6. The lowest BCUT2D eigenvalue weighted by molar-refractivity contribution is -0.283. The number of fused-ring (bicyclic) bond motifs is 1. The van der Waals surface area contributed by atoms with E-state index in [1.807, 2.05) is 80.7 Å². The van der Waals surface area contributed by atoms with Crippen molar-refractivity contribution in [1.82, 2.24) is 14.4 Å². The zero-order valence-electron chi connectivity index (χ0n) is 57.4. The molecular formula is C71H124N6O9. The minimum absolute atomic E-state index is 0.0127. The largest absolute Gasteiger partial charge is 0.461 e. The molecule has 1 aromatic carbocycles. The van der Waals surface area contributed by atoms with Crippen molar-refractivity contribution in [2.45, 2.75) is 274 Å². The van der Waals surface area contributed by atoms with Crippen LogP contribution in [0, 0.1) is 51.7 Å². The summed E-state index contributed by atoms with van der Waals surface area (Å²) in [5.74, 6) is -0.342. The molecule has 86 heavy (non-hydrogen) atoms. The summed E-state index contributed by atoms with van der Waals surface area (Å²) in [5, 5.41) is 46.2. The van der Waals surface area contributed by atoms with Gasteiger partial charge in [-0.2, -0.15) is 5.26 Å². The number of nitrogens with zero attached hydrogens (tertiary/aromatic N) is 4. The highest BCUT2D eigenvalue weighted by atomic mass is 16.7. The number of aliphatic hydroxyl groups is 2. The van der Waals surface area contributed by atoms with E-state index < -0.39 is 41.9 Å². The van der Waals surface area contributed by atoms with E-state index in [0.29, 0.717) is 68.9 Å². The Bertz CT molecular complexity index is 2380. The Labute approximate surface area is 522 Å². The summed E-state index contributed by atoms with van der Waals surface area (Å²) < 4.78 is 40.8. The van der Waals surface area contributed by atoms with Gasteiger partial charge in [-0.25, -0.2) is 4.79 Å². The van der Waals surface area contributed by atoms with Gasteiger partial charge in [0, 0.05) is 73.7 Å². The molecular weight excluding hydrogens is 1080 g/mol. The average Bonchev–Trinajstić information content (AvgIpc) is 1.48. The number of aromatic nitrogens is 1. The average molecular weight is 1210 g/mol. The zero-order chi connectivity index (χ0) is 64.5. The highest BCUT2D eigenvalue weighted by molar-refractivity contribution is 5.94. The number of carbonyl (C=O) groups excluding carboxylic acids is 1. The molecule has 2 aromatic rings. The molecule has 1 aromatic heterocycles. The standard InChI is InChI=1S/C41H76N2O7.C26H36N4O2.2C2H6/c1-16-26(5)23-40(12,24-42)39(50-35-22-33(43(14)15)21-29(8)47-35)31(10)37(49-34-20-28(7)36(46-17-2)32(11)48-34)30(9)27(6)18-19-41(13,45)38(44)25(3)4;1-2-3-4-5-6-13-28-20-9-12-24-22(18-20)25(27)23(19-30(24)21-10-11-21)26(31)32-17-16-29-14-7-8-15-29;2*1-2/h25-26,28-39,44-45H,6,16-23H2,1-5,7-15H3;2,9,12,18-19,21,27-28H,1,3-8,10-11,13-17H2;2*1-2H3/t26-,28?,29?,30?,31-,32?,33?,34-,35?,36+,37+,38?,39+,40-,41+;;;/m0.../s1. The number of aliphatic hydroxyl groups excluding tert-OH is 1. The molecule has 7 unspecified atom stereocenters. The molecule has 4 aliphatic rings. The Balaban J connectivity index is 0.000000459. The van der Waals surface area contributed by atoms with Crippen molar-refractivity contribution in [3.8, 4) is 6.07 Å². The molecule has 0 spiro atoms. The SMILES string of the molecule is C=C(CC[C@@](C)(O)C(O)C(C)C)C(C)[C@@H](O[C@H]1CC(C)[C@@H](OCC)C(C)O1)[C@H](C)[C@@H](OC1CC(N(C)C)CC(C)O1)[C@](C)(C#N)C[C@@H](C)CC.C=CCCCCCNc1ccc2c(c1)c(=N)c(C(=O)OCCN1CCCC1)cn2C1CC1.CC.CC. The molecule has 4 N–H and O–H groups in total. The topological polar surface area (TPSA) is 184 Å². The number of pyridine rings is 1. The molecule has 15 atom stereocenters. The Morgan fingerprint density at radius 2 is 1.64 bits per heavy atom. The molecule has 0 bridgehead atoms. The molecule has 4 fully saturated rings. The summed E-state index contributed by atoms with van der Waals surface area (Å²) >= 11 is 0. The predicted molar refractivity (Wildman–Crippen MR) is 352 cm³/mol. The van der Waals surface area contributed by atoms with E-state index in [9.17, 15) is 20.3 Å². The van der Waals surface area contributed by atoms with Crippen LogP contribution < -0.4 is 10.7 Å². The van der Waals surface area contributed by atoms with Gasteiger partial charge < -0.3 is 53.4 Å². The van der Waals surface area contributed by atoms with Crippen LogP contribution >= 0.6 is 0 Å². The van der Waals surface area contributed by atoms with Crippen LogP contribution in [0.25, 0.3) is 10.9 Å². The van der Waals surface area contributed by atoms with Crippen LogP contribution in [0.1, 0.15) is 223 Å². The molecule has 1 saturated carbocycles. The summed E-state index contributed by atoms with van der Waals surface area (Å²) in [4.78, 5) is 17.4. The first-order chi connectivity index (χ1) is 40.9. The molecule has 3 saturated heterocycles. The number of allylic oxidation sites excluding steroid dienone is 1. The minimum atomic E-state index is -1.26. The van der Waals surface area contributed by atoms with Gasteiger partial charge in [-0.1, -0.05) is 107 Å². The third-order valence-corrected chi connectivity index (χ3v) is 18.3. The van der Waals surface area contributed by atoms with Crippen LogP contribution in [-0.2, 0) is 28.4 Å². The zero-order valence-corrected chi connectivity index (χ0v) is 57.4. The van der Waals surface area contributed by atoms with E-state index in [0.717, 1.165) is 86.9 Å². The first-order valence-corrected chi connectivity index (χ1v) is 33.7. The van der Waals surface area contributed by atoms with E-state index in [1.165, 1.54) is 25.7 Å². The van der Waals surface area contributed by atoms with Gasteiger partial charge >= 0.3 is 5.97 Å². The lowest BCUT2D eigenvalue weighted by Crippen LogP contribution is -2.53. The maximum Gasteiger partial charge on any atom is 0.341 e. The molecule has 15 nitrogen and oxygen atoms in total. The third kappa shape index (κ3) is 23.0. The lowest BCUT2D eigenvalue weighted by Gasteiger charge is -2.47. The van der Waals surface area contributed by atoms with Crippen LogP contribution in [-0.4, -0.2) is 145 Å². The van der Waals surface area contributed by atoms with Gasteiger partial charge in [-0.3, -0.25) is 10.3 Å². The first kappa shape index (κ1) is 76.6. The van der Waals surface area contributed by atoms with Crippen molar-refractivity contribution in [3.63, 3.8) is 0 Å². The number of likely N-dealkylation sites (tertiary alicyclic amines) is 1. The number of benzene rings is 1. The molecule has 6 rings (SSSR count). The second-order valence-corrected chi connectivity index (χ2v) is 26.2. The summed E-state index contributed by atoms with van der Waals surface area (Å²) in [7, 11) is 4.19. The van der Waals surface area contributed by atoms with Gasteiger partial charge in [0.05, 0.1) is 64.6 Å². The fraction of sp³-hybridized carbons (Fsp3) is 0.789. The maximum atomic E-state index is 12.9. The number of esters is 1. The van der Waals surface area contributed by atoms with Crippen LogP contribution in [0.5, 0.6) is 0 Å². The van der Waals surface area contributed by atoms with Gasteiger partial charge in [0.15, 0.2) is 12.6 Å². The molecule has 4 heterocycles. The number of carbonyl (C=O) groups is 1. The van der Waals surface area contributed by atoms with Crippen molar-refractivity contribution < 1.29 is 43.4 Å². The molecule has 0 radical (unpaired) electrons. The Morgan fingerprint density at radius 3 is 2.22 bits per heavy atom. The van der Waals surface area contributed by atoms with Gasteiger partial charge in [0.25, 0.3) is 0 Å². The van der Waals surface area contributed by atoms with Gasteiger partial charge in [-0.05, 0) is 168 Å². The van der Waals surface area contributed by atoms with Crippen LogP contribution in [0.15, 0.2) is 49.2 Å². The van der Waals surface area contributed by atoms with Gasteiger partial charge in [0.2, 0.25) is 0 Å². The van der Waals surface area contributed by atoms with Crippen LogP contribution in [0.4, 0.5) is 5.69 Å². The Hall–Kier alpha value is -3.69. The summed E-state index contributed by atoms with van der Waals surface area (Å²) in [6, 6.07) is 9.60. The number of ether oxygens (including phenoxy) is 6. The van der Waals surface area contributed by atoms with E-state index in [2.05, 4.69) is 107 Å². The second-order valence-electron chi connectivity index (χ2n) is 26.2. The lowest BCUT2D eigenvalue weighted by atomic mass is 9.70. The molecule has 1 aliphatic carbocycles. The van der Waals surface area contributed by atoms with Gasteiger partial charge in [-0.15, -0.1) is 6.58 Å². The maximum absolute atomic E-state index is 12.9. The fourth-order valence-corrected chi connectivity index (χ4v) is 12.8. The Morgan fingerprint density at radius 1 is 0.977 bits per heavy atom. The molecule has 15 heteroatoms. The highest BCUT2D eigenvalue weighted by Gasteiger charge is 2.48. The molecule has 0 amide bonds. The van der Waals surface area contributed by atoms with Crippen molar-refractivity contribution in [1.29, 1.82) is 10.7 Å². The van der Waals surface area contributed by atoms with E-state index in [1.54, 1.807) is 6.92 Å². The second kappa shape index (κ2) is 38.1. The van der Waals surface area contributed by atoms with Crippen LogP contribution in [0.3, 0.4) is 0 Å². The molecule has 3 aliphatic heterocycles. The van der Waals surface area contributed by atoms with Gasteiger partial charge in [0.1, 0.15) is 12.2 Å².